The zero-order valence-corrected chi connectivity index (χ0v) is 11.0. The van der Waals surface area contributed by atoms with E-state index in [1.165, 1.54) is 5.56 Å². The van der Waals surface area contributed by atoms with Gasteiger partial charge < -0.3 is 0 Å². The summed E-state index contributed by atoms with van der Waals surface area (Å²) in [4.78, 5) is 11.7. The number of ketones is 1. The summed E-state index contributed by atoms with van der Waals surface area (Å²) >= 11 is 3.56. The number of hydrogen-bond donors (Lipinski definition) is 0. The van der Waals surface area contributed by atoms with Crippen molar-refractivity contribution in [1.82, 2.24) is 0 Å². The first-order chi connectivity index (χ1) is 7.65. The molecule has 0 saturated heterocycles. The third kappa shape index (κ3) is 1.86. The van der Waals surface area contributed by atoms with Gasteiger partial charge in [-0.1, -0.05) is 47.6 Å². The Hall–Kier alpha value is -0.890. The van der Waals surface area contributed by atoms with Crippen molar-refractivity contribution < 1.29 is 4.79 Å². The van der Waals surface area contributed by atoms with E-state index in [1.807, 2.05) is 18.2 Å². The van der Waals surface area contributed by atoms with Crippen molar-refractivity contribution in [1.29, 1.82) is 0 Å². The normalized spacial score (nSPS) is 25.1. The van der Waals surface area contributed by atoms with E-state index >= 15 is 0 Å². The number of carbonyl (C=O) groups is 1. The Morgan fingerprint density at radius 2 is 2.12 bits per heavy atom. The molecule has 2 heteroatoms. The average Bonchev–Trinajstić information content (AvgIpc) is 2.56. The summed E-state index contributed by atoms with van der Waals surface area (Å²) in [5.41, 5.74) is 2.05. The Balaban J connectivity index is 2.38. The molecule has 84 valence electrons. The summed E-state index contributed by atoms with van der Waals surface area (Å²) in [6.45, 7) is 6.05. The maximum absolute atomic E-state index is 11.7. The van der Waals surface area contributed by atoms with Crippen LogP contribution < -0.4 is 0 Å². The van der Waals surface area contributed by atoms with E-state index in [9.17, 15) is 4.79 Å². The van der Waals surface area contributed by atoms with Gasteiger partial charge in [0.15, 0.2) is 5.78 Å². The lowest BCUT2D eigenvalue weighted by molar-refractivity contribution is -0.114. The summed E-state index contributed by atoms with van der Waals surface area (Å²) in [5, 5.41) is 0. The minimum Gasteiger partial charge on any atom is -0.295 e. The Morgan fingerprint density at radius 3 is 2.75 bits per heavy atom. The van der Waals surface area contributed by atoms with E-state index in [0.717, 1.165) is 16.5 Å². The van der Waals surface area contributed by atoms with E-state index in [0.29, 0.717) is 18.3 Å². The average molecular weight is 279 g/mol. The molecule has 0 radical (unpaired) electrons. The second-order valence-electron chi connectivity index (χ2n) is 4.30. The predicted molar refractivity (Wildman–Crippen MR) is 69.4 cm³/mol. The maximum Gasteiger partial charge on any atom is 0.159 e. The first-order valence-electron chi connectivity index (χ1n) is 5.61. The quantitative estimate of drug-likeness (QED) is 0.745. The van der Waals surface area contributed by atoms with Crippen LogP contribution in [0, 0.1) is 5.92 Å². The number of allylic oxidation sites excluding steroid dienone is 1. The largest absolute Gasteiger partial charge is 0.295 e. The summed E-state index contributed by atoms with van der Waals surface area (Å²) < 4.78 is 1.10. The number of carbonyl (C=O) groups excluding carboxylic acids is 1. The van der Waals surface area contributed by atoms with Crippen molar-refractivity contribution in [2.75, 3.05) is 0 Å². The smallest absolute Gasteiger partial charge is 0.159 e. The molecule has 0 spiro atoms. The molecule has 0 aromatic heterocycles. The van der Waals surface area contributed by atoms with Gasteiger partial charge in [0.05, 0.1) is 0 Å². The van der Waals surface area contributed by atoms with Crippen molar-refractivity contribution in [2.24, 2.45) is 5.92 Å². The molecule has 1 aromatic rings. The van der Waals surface area contributed by atoms with Gasteiger partial charge >= 0.3 is 0 Å². The first-order valence-corrected chi connectivity index (χ1v) is 6.40. The van der Waals surface area contributed by atoms with E-state index in [-0.39, 0.29) is 5.78 Å². The molecule has 1 aliphatic rings. The predicted octanol–water partition coefficient (Wildman–Crippen LogP) is 4.09. The van der Waals surface area contributed by atoms with Gasteiger partial charge in [0.1, 0.15) is 0 Å². The second kappa shape index (κ2) is 4.54. The molecular weight excluding hydrogens is 264 g/mol. The number of benzene rings is 1. The van der Waals surface area contributed by atoms with Crippen LogP contribution in [0.15, 0.2) is 40.9 Å². The lowest BCUT2D eigenvalue weighted by atomic mass is 9.86. The van der Waals surface area contributed by atoms with Crippen LogP contribution in [-0.2, 0) is 4.79 Å². The summed E-state index contributed by atoms with van der Waals surface area (Å²) in [5.74, 6) is 0.847. The molecule has 1 fully saturated rings. The Bertz CT molecular complexity index is 436. The van der Waals surface area contributed by atoms with Crippen molar-refractivity contribution >= 4 is 21.7 Å². The van der Waals surface area contributed by atoms with Crippen LogP contribution in [0.5, 0.6) is 0 Å². The van der Waals surface area contributed by atoms with Crippen LogP contribution in [0.2, 0.25) is 0 Å². The molecule has 1 aromatic carbocycles. The molecule has 0 aliphatic heterocycles. The molecule has 0 bridgehead atoms. The lowest BCUT2D eigenvalue weighted by Gasteiger charge is -2.19. The van der Waals surface area contributed by atoms with Crippen LogP contribution in [0.4, 0.5) is 0 Å². The van der Waals surface area contributed by atoms with E-state index < -0.39 is 0 Å². The van der Waals surface area contributed by atoms with E-state index in [2.05, 4.69) is 35.5 Å². The van der Waals surface area contributed by atoms with Crippen LogP contribution in [0.1, 0.15) is 31.2 Å². The lowest BCUT2D eigenvalue weighted by Crippen LogP contribution is -2.06. The Morgan fingerprint density at radius 1 is 1.44 bits per heavy atom. The Kier molecular flexibility index (Phi) is 3.29. The minimum absolute atomic E-state index is 0.229. The molecule has 1 aliphatic carbocycles. The zero-order chi connectivity index (χ0) is 11.7. The highest BCUT2D eigenvalue weighted by Crippen LogP contribution is 2.44. The minimum atomic E-state index is 0.229. The maximum atomic E-state index is 11.7. The molecule has 2 atom stereocenters. The first kappa shape index (κ1) is 11.6. The molecule has 16 heavy (non-hydrogen) atoms. The highest BCUT2D eigenvalue weighted by molar-refractivity contribution is 9.10. The number of rotatable bonds is 2. The fourth-order valence-corrected chi connectivity index (χ4v) is 3.13. The van der Waals surface area contributed by atoms with Gasteiger partial charge in [-0.05, 0) is 35.5 Å². The number of halogens is 1. The summed E-state index contributed by atoms with van der Waals surface area (Å²) in [6.07, 6.45) is 1.59. The highest BCUT2D eigenvalue weighted by Gasteiger charge is 2.36. The molecule has 0 amide bonds. The van der Waals surface area contributed by atoms with Crippen molar-refractivity contribution in [2.45, 2.75) is 25.7 Å². The number of hydrogen-bond acceptors (Lipinski definition) is 1. The fraction of sp³-hybridized carbons (Fsp3) is 0.357. The molecular formula is C14H15BrO. The van der Waals surface area contributed by atoms with Gasteiger partial charge in [0, 0.05) is 10.9 Å². The van der Waals surface area contributed by atoms with Gasteiger partial charge in [0.25, 0.3) is 0 Å². The van der Waals surface area contributed by atoms with Gasteiger partial charge in [-0.25, -0.2) is 0 Å². The van der Waals surface area contributed by atoms with Crippen molar-refractivity contribution in [3.05, 3.63) is 46.5 Å². The second-order valence-corrected chi connectivity index (χ2v) is 5.15. The fourth-order valence-electron chi connectivity index (χ4n) is 2.56. The molecule has 0 unspecified atom stereocenters. The Labute approximate surface area is 105 Å². The van der Waals surface area contributed by atoms with Crippen molar-refractivity contribution in [3.63, 3.8) is 0 Å². The summed E-state index contributed by atoms with van der Waals surface area (Å²) in [7, 11) is 0. The van der Waals surface area contributed by atoms with Gasteiger partial charge in [-0.2, -0.15) is 0 Å². The molecule has 1 nitrogen and oxygen atoms in total. The third-order valence-electron chi connectivity index (χ3n) is 3.44. The molecule has 0 N–H and O–H groups in total. The van der Waals surface area contributed by atoms with Crippen molar-refractivity contribution in [3.8, 4) is 0 Å². The topological polar surface area (TPSA) is 17.1 Å². The van der Waals surface area contributed by atoms with Gasteiger partial charge in [-0.3, -0.25) is 4.79 Å². The van der Waals surface area contributed by atoms with E-state index in [1.54, 1.807) is 0 Å². The molecule has 2 rings (SSSR count). The van der Waals surface area contributed by atoms with Gasteiger partial charge in [0.2, 0.25) is 0 Å². The van der Waals surface area contributed by atoms with E-state index in [4.69, 9.17) is 0 Å². The molecule has 0 heterocycles. The van der Waals surface area contributed by atoms with Gasteiger partial charge in [-0.15, -0.1) is 0 Å². The van der Waals surface area contributed by atoms with Crippen LogP contribution in [-0.4, -0.2) is 5.78 Å². The van der Waals surface area contributed by atoms with Crippen LogP contribution in [0.3, 0.4) is 0 Å². The number of Topliss-reactive ketones (excluding diaryl/α,β-unsaturated/α-hetero) is 1. The standard InChI is InChI=1S/C14H15BrO/c1-3-10-9(2)14(16)8-12(10)11-6-4-5-7-13(11)15/h4-7,10,12H,2-3,8H2,1H3/t10-,12-/m1/s1. The molecule has 1 saturated carbocycles. The van der Waals surface area contributed by atoms with Crippen LogP contribution in [0.25, 0.3) is 0 Å². The van der Waals surface area contributed by atoms with Crippen LogP contribution >= 0.6 is 15.9 Å². The third-order valence-corrected chi connectivity index (χ3v) is 4.16. The SMILES string of the molecule is C=C1C(=O)C[C@@H](c2ccccc2Br)[C@@H]1CC. The monoisotopic (exact) mass is 278 g/mol. The summed E-state index contributed by atoms with van der Waals surface area (Å²) in [6, 6.07) is 8.16. The highest BCUT2D eigenvalue weighted by atomic mass is 79.9. The zero-order valence-electron chi connectivity index (χ0n) is 9.37.